The molecule has 2 heterocycles. The van der Waals surface area contributed by atoms with E-state index < -0.39 is 5.60 Å². The van der Waals surface area contributed by atoms with Crippen LogP contribution in [0.4, 0.5) is 4.79 Å². The summed E-state index contributed by atoms with van der Waals surface area (Å²) in [5.74, 6) is 0. The Bertz CT molecular complexity index is 499. The van der Waals surface area contributed by atoms with E-state index in [0.29, 0.717) is 0 Å². The normalized spacial score (nSPS) is 18.9. The predicted octanol–water partition coefficient (Wildman–Crippen LogP) is 4.18. The van der Waals surface area contributed by atoms with Crippen molar-refractivity contribution in [2.24, 2.45) is 0 Å². The van der Waals surface area contributed by atoms with Gasteiger partial charge in [0, 0.05) is 18.3 Å². The van der Waals surface area contributed by atoms with E-state index in [-0.39, 0.29) is 12.1 Å². The van der Waals surface area contributed by atoms with Gasteiger partial charge in [-0.1, -0.05) is 6.07 Å². The molecular formula is C16H23BrN2O2. The van der Waals surface area contributed by atoms with Crippen molar-refractivity contribution < 1.29 is 9.53 Å². The number of hydrogen-bond acceptors (Lipinski definition) is 3. The number of halogens is 1. The fourth-order valence-corrected chi connectivity index (χ4v) is 2.98. The highest BCUT2D eigenvalue weighted by molar-refractivity contribution is 9.10. The highest BCUT2D eigenvalue weighted by atomic mass is 79.9. The van der Waals surface area contributed by atoms with Gasteiger partial charge in [-0.3, -0.25) is 0 Å². The number of amides is 1. The van der Waals surface area contributed by atoms with E-state index in [0.717, 1.165) is 42.5 Å². The Morgan fingerprint density at radius 1 is 1.48 bits per heavy atom. The minimum absolute atomic E-state index is 0.188. The van der Waals surface area contributed by atoms with E-state index in [2.05, 4.69) is 20.9 Å². The van der Waals surface area contributed by atoms with Crippen LogP contribution in [0.1, 0.15) is 45.7 Å². The molecule has 1 fully saturated rings. The highest BCUT2D eigenvalue weighted by Gasteiger charge is 2.31. The number of rotatable bonds is 3. The lowest BCUT2D eigenvalue weighted by Gasteiger charge is -2.28. The lowest BCUT2D eigenvalue weighted by Crippen LogP contribution is -2.40. The number of likely N-dealkylation sites (tertiary alicyclic amines) is 1. The molecule has 0 radical (unpaired) electrons. The minimum Gasteiger partial charge on any atom is -0.444 e. The zero-order valence-electron chi connectivity index (χ0n) is 12.9. The average Bonchev–Trinajstić information content (AvgIpc) is 2.83. The molecule has 1 saturated heterocycles. The van der Waals surface area contributed by atoms with Gasteiger partial charge in [0.05, 0.1) is 0 Å². The van der Waals surface area contributed by atoms with Gasteiger partial charge in [0.15, 0.2) is 0 Å². The largest absolute Gasteiger partial charge is 0.444 e. The molecule has 0 spiro atoms. The van der Waals surface area contributed by atoms with Crippen molar-refractivity contribution in [2.45, 2.75) is 58.1 Å². The number of nitrogens with zero attached hydrogens (tertiary/aromatic N) is 2. The molecule has 1 atom stereocenters. The maximum atomic E-state index is 12.2. The van der Waals surface area contributed by atoms with Gasteiger partial charge in [0.1, 0.15) is 10.2 Å². The van der Waals surface area contributed by atoms with Crippen LogP contribution in [-0.2, 0) is 11.2 Å². The molecule has 0 saturated carbocycles. The fraction of sp³-hybridized carbons (Fsp3) is 0.625. The smallest absolute Gasteiger partial charge is 0.410 e. The molecule has 5 heteroatoms. The molecule has 0 aliphatic carbocycles. The minimum atomic E-state index is -0.434. The zero-order valence-corrected chi connectivity index (χ0v) is 14.5. The molecule has 1 aliphatic rings. The van der Waals surface area contributed by atoms with Gasteiger partial charge in [-0.25, -0.2) is 9.78 Å². The Balaban J connectivity index is 1.91. The quantitative estimate of drug-likeness (QED) is 0.764. The molecule has 116 valence electrons. The van der Waals surface area contributed by atoms with E-state index in [1.165, 1.54) is 0 Å². The number of ether oxygens (including phenoxy) is 1. The summed E-state index contributed by atoms with van der Waals surface area (Å²) in [6, 6.07) is 6.21. The van der Waals surface area contributed by atoms with Crippen LogP contribution >= 0.6 is 15.9 Å². The van der Waals surface area contributed by atoms with E-state index in [1.54, 1.807) is 0 Å². The summed E-state index contributed by atoms with van der Waals surface area (Å²) in [4.78, 5) is 18.5. The summed E-state index contributed by atoms with van der Waals surface area (Å²) in [7, 11) is 0. The van der Waals surface area contributed by atoms with Crippen LogP contribution in [0.25, 0.3) is 0 Å². The molecule has 0 N–H and O–H groups in total. The SMILES string of the molecule is CC(C)(C)OC(=O)N1CCC[C@@H]1CCc1cccc(Br)n1. The summed E-state index contributed by atoms with van der Waals surface area (Å²) in [6.45, 7) is 6.51. The van der Waals surface area contributed by atoms with Crippen LogP contribution in [0.15, 0.2) is 22.8 Å². The maximum absolute atomic E-state index is 12.2. The van der Waals surface area contributed by atoms with Crippen LogP contribution in [0.2, 0.25) is 0 Å². The van der Waals surface area contributed by atoms with Crippen LogP contribution in [-0.4, -0.2) is 34.2 Å². The van der Waals surface area contributed by atoms with Gasteiger partial charge < -0.3 is 9.64 Å². The average molecular weight is 355 g/mol. The van der Waals surface area contributed by atoms with E-state index in [4.69, 9.17) is 4.74 Å². The van der Waals surface area contributed by atoms with E-state index >= 15 is 0 Å². The molecule has 1 amide bonds. The first kappa shape index (κ1) is 16.3. The Hall–Kier alpha value is -1.10. The second kappa shape index (κ2) is 6.77. The molecule has 1 aromatic rings. The van der Waals surface area contributed by atoms with Crippen LogP contribution in [0.3, 0.4) is 0 Å². The van der Waals surface area contributed by atoms with Gasteiger partial charge in [-0.2, -0.15) is 0 Å². The summed E-state index contributed by atoms with van der Waals surface area (Å²) >= 11 is 3.39. The number of carbonyl (C=O) groups is 1. The number of carbonyl (C=O) groups excluding carboxylic acids is 1. The van der Waals surface area contributed by atoms with Gasteiger partial charge >= 0.3 is 6.09 Å². The topological polar surface area (TPSA) is 42.4 Å². The van der Waals surface area contributed by atoms with Crippen molar-refractivity contribution in [3.8, 4) is 0 Å². The first-order chi connectivity index (χ1) is 9.85. The summed E-state index contributed by atoms with van der Waals surface area (Å²) in [5.41, 5.74) is 0.621. The molecule has 0 aromatic carbocycles. The van der Waals surface area contributed by atoms with Gasteiger partial charge in [-0.15, -0.1) is 0 Å². The van der Waals surface area contributed by atoms with Crippen molar-refractivity contribution in [3.05, 3.63) is 28.5 Å². The first-order valence-electron chi connectivity index (χ1n) is 7.46. The molecule has 2 rings (SSSR count). The third-order valence-corrected chi connectivity index (χ3v) is 3.95. The number of aryl methyl sites for hydroxylation is 1. The van der Waals surface area contributed by atoms with Crippen molar-refractivity contribution >= 4 is 22.0 Å². The molecule has 1 aliphatic heterocycles. The van der Waals surface area contributed by atoms with Crippen LogP contribution in [0.5, 0.6) is 0 Å². The Kier molecular flexibility index (Phi) is 5.25. The highest BCUT2D eigenvalue weighted by Crippen LogP contribution is 2.24. The Morgan fingerprint density at radius 3 is 2.90 bits per heavy atom. The van der Waals surface area contributed by atoms with Crippen LogP contribution in [0, 0.1) is 0 Å². The molecule has 21 heavy (non-hydrogen) atoms. The summed E-state index contributed by atoms with van der Waals surface area (Å²) in [5, 5.41) is 0. The second-order valence-corrected chi connectivity index (χ2v) is 7.27. The van der Waals surface area contributed by atoms with E-state index in [9.17, 15) is 4.79 Å². The first-order valence-corrected chi connectivity index (χ1v) is 8.25. The number of aromatic nitrogens is 1. The summed E-state index contributed by atoms with van der Waals surface area (Å²) in [6.07, 6.45) is 3.72. The standard InChI is InChI=1S/C16H23BrN2O2/c1-16(2,3)21-15(20)19-11-5-7-13(19)10-9-12-6-4-8-14(17)18-12/h4,6,8,13H,5,7,9-11H2,1-3H3/t13-/m1/s1. The molecule has 1 aromatic heterocycles. The van der Waals surface area contributed by atoms with Gasteiger partial charge in [0.2, 0.25) is 0 Å². The Labute approximate surface area is 135 Å². The molecule has 0 bridgehead atoms. The van der Waals surface area contributed by atoms with Crippen molar-refractivity contribution in [1.29, 1.82) is 0 Å². The fourth-order valence-electron chi connectivity index (χ4n) is 2.60. The molecule has 4 nitrogen and oxygen atoms in total. The third-order valence-electron chi connectivity index (χ3n) is 3.51. The van der Waals surface area contributed by atoms with Crippen LogP contribution < -0.4 is 0 Å². The molecule has 0 unspecified atom stereocenters. The van der Waals surface area contributed by atoms with E-state index in [1.807, 2.05) is 43.9 Å². The Morgan fingerprint density at radius 2 is 2.24 bits per heavy atom. The number of hydrogen-bond donors (Lipinski definition) is 0. The van der Waals surface area contributed by atoms with Gasteiger partial charge in [-0.05, 0) is 74.5 Å². The second-order valence-electron chi connectivity index (χ2n) is 6.46. The number of pyridine rings is 1. The lowest BCUT2D eigenvalue weighted by atomic mass is 10.1. The monoisotopic (exact) mass is 354 g/mol. The third kappa shape index (κ3) is 4.99. The maximum Gasteiger partial charge on any atom is 0.410 e. The van der Waals surface area contributed by atoms with Gasteiger partial charge in [0.25, 0.3) is 0 Å². The predicted molar refractivity (Wildman–Crippen MR) is 86.2 cm³/mol. The van der Waals surface area contributed by atoms with Crippen molar-refractivity contribution in [3.63, 3.8) is 0 Å². The lowest BCUT2D eigenvalue weighted by molar-refractivity contribution is 0.0220. The zero-order chi connectivity index (χ0) is 15.5. The molecular weight excluding hydrogens is 332 g/mol. The summed E-state index contributed by atoms with van der Waals surface area (Å²) < 4.78 is 6.34. The van der Waals surface area contributed by atoms with Crippen molar-refractivity contribution in [1.82, 2.24) is 9.88 Å². The van der Waals surface area contributed by atoms with Crippen molar-refractivity contribution in [2.75, 3.05) is 6.54 Å².